The molecule has 0 aliphatic rings. The number of primary sulfonamides is 1. The first kappa shape index (κ1) is 17.5. The number of rotatable bonds is 6. The fourth-order valence-electron chi connectivity index (χ4n) is 1.84. The van der Waals surface area contributed by atoms with Crippen LogP contribution in [0.15, 0.2) is 17.0 Å². The topological polar surface area (TPSA) is 89.7 Å². The van der Waals surface area contributed by atoms with E-state index in [2.05, 4.69) is 0 Å². The first-order valence-electron chi connectivity index (χ1n) is 6.25. The molecule has 118 valence electrons. The summed E-state index contributed by atoms with van der Waals surface area (Å²) in [4.78, 5) is 13.0. The van der Waals surface area contributed by atoms with E-state index in [9.17, 15) is 17.6 Å². The molecule has 0 saturated carbocycles. The number of carbonyl (C=O) groups is 1. The fraction of sp³-hybridized carbons (Fsp3) is 0.462. The summed E-state index contributed by atoms with van der Waals surface area (Å²) in [6, 6.07) is 2.27. The number of methoxy groups -OCH3 is 1. The molecule has 0 bridgehead atoms. The molecule has 1 rings (SSSR count). The molecule has 8 heteroatoms. The lowest BCUT2D eigenvalue weighted by atomic mass is 10.1. The van der Waals surface area contributed by atoms with Gasteiger partial charge in [-0.15, -0.1) is 0 Å². The summed E-state index contributed by atoms with van der Waals surface area (Å²) in [5.74, 6) is -1.34. The second kappa shape index (κ2) is 6.97. The SMILES string of the molecule is COCCCN(C)C(=O)c1cc(C)c(F)c(S(N)(=O)=O)c1. The summed E-state index contributed by atoms with van der Waals surface area (Å²) >= 11 is 0. The lowest BCUT2D eigenvalue weighted by molar-refractivity contribution is 0.0779. The van der Waals surface area contributed by atoms with Crippen LogP contribution in [0, 0.1) is 12.7 Å². The summed E-state index contributed by atoms with van der Waals surface area (Å²) in [5, 5.41) is 4.96. The van der Waals surface area contributed by atoms with Gasteiger partial charge in [0.25, 0.3) is 5.91 Å². The number of aryl methyl sites for hydroxylation is 1. The van der Waals surface area contributed by atoms with Crippen LogP contribution < -0.4 is 5.14 Å². The molecule has 6 nitrogen and oxygen atoms in total. The number of hydrogen-bond acceptors (Lipinski definition) is 4. The molecule has 2 N–H and O–H groups in total. The van der Waals surface area contributed by atoms with Gasteiger partial charge in [0.2, 0.25) is 10.0 Å². The zero-order chi connectivity index (χ0) is 16.2. The molecule has 0 spiro atoms. The van der Waals surface area contributed by atoms with Crippen LogP contribution in [0.3, 0.4) is 0 Å². The van der Waals surface area contributed by atoms with Gasteiger partial charge in [0.1, 0.15) is 10.7 Å². The molecule has 0 aliphatic heterocycles. The van der Waals surface area contributed by atoms with Gasteiger partial charge in [0.15, 0.2) is 0 Å². The number of carbonyl (C=O) groups excluding carboxylic acids is 1. The predicted octanol–water partition coefficient (Wildman–Crippen LogP) is 0.890. The summed E-state index contributed by atoms with van der Waals surface area (Å²) in [5.41, 5.74) is 0.132. The maximum atomic E-state index is 13.8. The van der Waals surface area contributed by atoms with E-state index >= 15 is 0 Å². The Balaban J connectivity index is 3.09. The van der Waals surface area contributed by atoms with Crippen LogP contribution in [-0.4, -0.2) is 46.5 Å². The van der Waals surface area contributed by atoms with Crippen molar-refractivity contribution in [2.75, 3.05) is 27.3 Å². The zero-order valence-corrected chi connectivity index (χ0v) is 13.0. The maximum absolute atomic E-state index is 13.8. The highest BCUT2D eigenvalue weighted by Crippen LogP contribution is 2.20. The summed E-state index contributed by atoms with van der Waals surface area (Å²) in [6.07, 6.45) is 0.640. The Morgan fingerprint density at radius 1 is 1.43 bits per heavy atom. The van der Waals surface area contributed by atoms with Crippen molar-refractivity contribution in [3.05, 3.63) is 29.1 Å². The Morgan fingerprint density at radius 3 is 2.57 bits per heavy atom. The van der Waals surface area contributed by atoms with Crippen LogP contribution in [0.2, 0.25) is 0 Å². The number of halogens is 1. The number of benzene rings is 1. The van der Waals surface area contributed by atoms with Gasteiger partial charge in [0, 0.05) is 32.9 Å². The van der Waals surface area contributed by atoms with Crippen molar-refractivity contribution in [1.29, 1.82) is 0 Å². The van der Waals surface area contributed by atoms with Crippen molar-refractivity contribution in [3.63, 3.8) is 0 Å². The Bertz CT molecular complexity index is 631. The quantitative estimate of drug-likeness (QED) is 0.789. The third-order valence-corrected chi connectivity index (χ3v) is 3.87. The third-order valence-electron chi connectivity index (χ3n) is 2.96. The van der Waals surface area contributed by atoms with E-state index < -0.39 is 26.6 Å². The summed E-state index contributed by atoms with van der Waals surface area (Å²) in [6.45, 7) is 2.32. The molecule has 0 atom stereocenters. The molecule has 1 aromatic carbocycles. The molecule has 21 heavy (non-hydrogen) atoms. The highest BCUT2D eigenvalue weighted by Gasteiger charge is 2.21. The zero-order valence-electron chi connectivity index (χ0n) is 12.2. The van der Waals surface area contributed by atoms with Crippen molar-refractivity contribution in [3.8, 4) is 0 Å². The first-order chi connectivity index (χ1) is 9.68. The highest BCUT2D eigenvalue weighted by molar-refractivity contribution is 7.89. The Morgan fingerprint density at radius 2 is 2.05 bits per heavy atom. The molecule has 1 amide bonds. The third kappa shape index (κ3) is 4.48. The fourth-order valence-corrected chi connectivity index (χ4v) is 2.54. The molecular formula is C13H19FN2O4S. The van der Waals surface area contributed by atoms with Gasteiger partial charge in [-0.2, -0.15) is 0 Å². The molecule has 0 unspecified atom stereocenters. The van der Waals surface area contributed by atoms with E-state index in [0.717, 1.165) is 6.07 Å². The average Bonchev–Trinajstić information content (AvgIpc) is 2.39. The van der Waals surface area contributed by atoms with Crippen molar-refractivity contribution >= 4 is 15.9 Å². The van der Waals surface area contributed by atoms with Crippen LogP contribution >= 0.6 is 0 Å². The van der Waals surface area contributed by atoms with Crippen molar-refractivity contribution in [2.45, 2.75) is 18.2 Å². The number of nitrogens with two attached hydrogens (primary N) is 1. The van der Waals surface area contributed by atoms with E-state index in [0.29, 0.717) is 19.6 Å². The summed E-state index contributed by atoms with van der Waals surface area (Å²) < 4.78 is 41.4. The molecule has 0 aliphatic carbocycles. The first-order valence-corrected chi connectivity index (χ1v) is 7.80. The van der Waals surface area contributed by atoms with Crippen LogP contribution in [0.4, 0.5) is 4.39 Å². The lowest BCUT2D eigenvalue weighted by Crippen LogP contribution is -2.29. The standard InChI is InChI=1S/C13H19FN2O4S/c1-9-7-10(8-11(12(9)14)21(15,18)19)13(17)16(2)5-4-6-20-3/h7-8H,4-6H2,1-3H3,(H2,15,18,19). The number of sulfonamides is 1. The van der Waals surface area contributed by atoms with Gasteiger partial charge in [-0.25, -0.2) is 17.9 Å². The normalized spacial score (nSPS) is 11.5. The monoisotopic (exact) mass is 318 g/mol. The Hall–Kier alpha value is -1.51. The largest absolute Gasteiger partial charge is 0.385 e. The van der Waals surface area contributed by atoms with Crippen LogP contribution in [0.1, 0.15) is 22.3 Å². The molecule has 0 aromatic heterocycles. The van der Waals surface area contributed by atoms with Crippen LogP contribution in [0.25, 0.3) is 0 Å². The lowest BCUT2D eigenvalue weighted by Gasteiger charge is -2.18. The average molecular weight is 318 g/mol. The van der Waals surface area contributed by atoms with E-state index in [1.165, 1.54) is 17.9 Å². The highest BCUT2D eigenvalue weighted by atomic mass is 32.2. The maximum Gasteiger partial charge on any atom is 0.253 e. The van der Waals surface area contributed by atoms with E-state index in [1.807, 2.05) is 0 Å². The van der Waals surface area contributed by atoms with Gasteiger partial charge in [-0.05, 0) is 31.0 Å². The minimum atomic E-state index is -4.22. The van der Waals surface area contributed by atoms with Crippen molar-refractivity contribution < 1.29 is 22.3 Å². The van der Waals surface area contributed by atoms with Crippen LogP contribution in [-0.2, 0) is 14.8 Å². The molecule has 0 saturated heterocycles. The van der Waals surface area contributed by atoms with E-state index in [1.54, 1.807) is 14.2 Å². The predicted molar refractivity (Wildman–Crippen MR) is 76.0 cm³/mol. The molecule has 0 fully saturated rings. The van der Waals surface area contributed by atoms with Crippen molar-refractivity contribution in [2.24, 2.45) is 5.14 Å². The second-order valence-electron chi connectivity index (χ2n) is 4.72. The van der Waals surface area contributed by atoms with Gasteiger partial charge >= 0.3 is 0 Å². The second-order valence-corrected chi connectivity index (χ2v) is 6.25. The number of ether oxygens (including phenoxy) is 1. The number of amides is 1. The van der Waals surface area contributed by atoms with Crippen LogP contribution in [0.5, 0.6) is 0 Å². The number of hydrogen-bond donors (Lipinski definition) is 1. The minimum Gasteiger partial charge on any atom is -0.385 e. The van der Waals surface area contributed by atoms with E-state index in [-0.39, 0.29) is 11.1 Å². The minimum absolute atomic E-state index is 0.0511. The van der Waals surface area contributed by atoms with Gasteiger partial charge in [-0.1, -0.05) is 0 Å². The number of nitrogens with zero attached hydrogens (tertiary/aromatic N) is 1. The molecular weight excluding hydrogens is 299 g/mol. The molecule has 1 aromatic rings. The molecule has 0 radical (unpaired) electrons. The molecule has 0 heterocycles. The van der Waals surface area contributed by atoms with E-state index in [4.69, 9.17) is 9.88 Å². The van der Waals surface area contributed by atoms with Gasteiger partial charge in [0.05, 0.1) is 0 Å². The Kier molecular flexibility index (Phi) is 5.82. The Labute approximate surface area is 123 Å². The van der Waals surface area contributed by atoms with Gasteiger partial charge in [-0.3, -0.25) is 4.79 Å². The summed E-state index contributed by atoms with van der Waals surface area (Å²) in [7, 11) is -1.09. The van der Waals surface area contributed by atoms with Crippen molar-refractivity contribution in [1.82, 2.24) is 4.90 Å². The van der Waals surface area contributed by atoms with Gasteiger partial charge < -0.3 is 9.64 Å². The smallest absolute Gasteiger partial charge is 0.253 e.